The summed E-state index contributed by atoms with van der Waals surface area (Å²) in [6, 6.07) is 0. The van der Waals surface area contributed by atoms with Gasteiger partial charge in [-0.2, -0.15) is 5.10 Å². The van der Waals surface area contributed by atoms with Gasteiger partial charge in [-0.3, -0.25) is 14.7 Å². The maximum atomic E-state index is 13.1. The fraction of sp³-hybridized carbons (Fsp3) is 0.750. The number of H-pyrrole nitrogens is 1. The molecule has 0 bridgehead atoms. The van der Waals surface area contributed by atoms with Crippen molar-refractivity contribution in [2.24, 2.45) is 5.41 Å². The molecule has 6 nitrogen and oxygen atoms in total. The molecule has 3 heterocycles. The Morgan fingerprint density at radius 2 is 2.08 bits per heavy atom. The molecule has 0 unspecified atom stereocenters. The molecule has 0 saturated carbocycles. The van der Waals surface area contributed by atoms with E-state index in [1.54, 1.807) is 0 Å². The van der Waals surface area contributed by atoms with Crippen molar-refractivity contribution < 1.29 is 9.59 Å². The number of likely N-dealkylation sites (tertiary alicyclic amines) is 2. The topological polar surface area (TPSA) is 69.3 Å². The number of aromatic nitrogens is 2. The molecule has 6 heteroatoms. The number of hydrogen-bond acceptors (Lipinski definition) is 3. The van der Waals surface area contributed by atoms with Gasteiger partial charge in [0, 0.05) is 49.3 Å². The van der Waals surface area contributed by atoms with Gasteiger partial charge in [0.15, 0.2) is 5.69 Å². The second-order valence-electron chi connectivity index (χ2n) is 8.03. The third-order valence-corrected chi connectivity index (χ3v) is 6.15. The van der Waals surface area contributed by atoms with E-state index in [1.165, 1.54) is 0 Å². The molecule has 0 aromatic carbocycles. The standard InChI is InChI=1S/C20H32N4O2/c1-4-6-11-23-13-20(10-8-17(23)25)9-7-12-24(14-20)19(26)18-15(3)16(5-2)21-22-18/h4-14H2,1-3H3,(H,21,22)/t20-/m0/s1. The zero-order chi connectivity index (χ0) is 18.7. The molecule has 0 radical (unpaired) electrons. The summed E-state index contributed by atoms with van der Waals surface area (Å²) < 4.78 is 0. The van der Waals surface area contributed by atoms with Crippen LogP contribution in [-0.4, -0.2) is 58.0 Å². The van der Waals surface area contributed by atoms with Gasteiger partial charge in [0.25, 0.3) is 5.91 Å². The van der Waals surface area contributed by atoms with Gasteiger partial charge in [0.2, 0.25) is 5.91 Å². The lowest BCUT2D eigenvalue weighted by Crippen LogP contribution is -2.55. The summed E-state index contributed by atoms with van der Waals surface area (Å²) in [5.74, 6) is 0.317. The Morgan fingerprint density at radius 1 is 1.27 bits per heavy atom. The van der Waals surface area contributed by atoms with E-state index in [0.29, 0.717) is 12.1 Å². The molecule has 26 heavy (non-hydrogen) atoms. The summed E-state index contributed by atoms with van der Waals surface area (Å²) in [5.41, 5.74) is 2.64. The molecule has 1 N–H and O–H groups in total. The minimum atomic E-state index is 0.0366. The number of nitrogens with one attached hydrogen (secondary N) is 1. The quantitative estimate of drug-likeness (QED) is 0.878. The lowest BCUT2D eigenvalue weighted by atomic mass is 9.73. The van der Waals surface area contributed by atoms with E-state index >= 15 is 0 Å². The Balaban J connectivity index is 1.73. The number of carbonyl (C=O) groups excluding carboxylic acids is 2. The molecule has 0 aliphatic carbocycles. The molecule has 1 aromatic rings. The number of piperidine rings is 2. The highest BCUT2D eigenvalue weighted by molar-refractivity contribution is 5.94. The maximum Gasteiger partial charge on any atom is 0.274 e. The van der Waals surface area contributed by atoms with E-state index < -0.39 is 0 Å². The number of aryl methyl sites for hydroxylation is 1. The summed E-state index contributed by atoms with van der Waals surface area (Å²) >= 11 is 0. The number of aromatic amines is 1. The van der Waals surface area contributed by atoms with Crippen molar-refractivity contribution in [1.82, 2.24) is 20.0 Å². The summed E-state index contributed by atoms with van der Waals surface area (Å²) in [5, 5.41) is 7.28. The molecule has 1 spiro atoms. The van der Waals surface area contributed by atoms with Crippen LogP contribution in [0, 0.1) is 12.3 Å². The van der Waals surface area contributed by atoms with Gasteiger partial charge >= 0.3 is 0 Å². The van der Waals surface area contributed by atoms with Crippen molar-refractivity contribution in [3.05, 3.63) is 17.0 Å². The molecule has 2 aliphatic rings. The van der Waals surface area contributed by atoms with Crippen LogP contribution in [0.15, 0.2) is 0 Å². The zero-order valence-corrected chi connectivity index (χ0v) is 16.4. The van der Waals surface area contributed by atoms with Crippen LogP contribution in [-0.2, 0) is 11.2 Å². The van der Waals surface area contributed by atoms with Gasteiger partial charge in [0.1, 0.15) is 0 Å². The van der Waals surface area contributed by atoms with Gasteiger partial charge in [-0.05, 0) is 39.0 Å². The second-order valence-corrected chi connectivity index (χ2v) is 8.03. The Labute approximate surface area is 156 Å². The van der Waals surface area contributed by atoms with Crippen molar-refractivity contribution in [3.8, 4) is 0 Å². The summed E-state index contributed by atoms with van der Waals surface area (Å²) in [6.45, 7) is 9.38. The lowest BCUT2D eigenvalue weighted by molar-refractivity contribution is -0.139. The van der Waals surface area contributed by atoms with Crippen LogP contribution in [0.4, 0.5) is 0 Å². The first-order chi connectivity index (χ1) is 12.5. The van der Waals surface area contributed by atoms with E-state index in [2.05, 4.69) is 24.0 Å². The predicted octanol–water partition coefficient (Wildman–Crippen LogP) is 2.93. The van der Waals surface area contributed by atoms with Crippen molar-refractivity contribution in [1.29, 1.82) is 0 Å². The summed E-state index contributed by atoms with van der Waals surface area (Å²) in [7, 11) is 0. The molecular weight excluding hydrogens is 328 g/mol. The number of nitrogens with zero attached hydrogens (tertiary/aromatic N) is 3. The third kappa shape index (κ3) is 3.64. The first-order valence-corrected chi connectivity index (χ1v) is 10.1. The fourth-order valence-electron chi connectivity index (χ4n) is 4.51. The van der Waals surface area contributed by atoms with Crippen LogP contribution < -0.4 is 0 Å². The van der Waals surface area contributed by atoms with E-state index in [9.17, 15) is 9.59 Å². The first kappa shape index (κ1) is 18.9. The van der Waals surface area contributed by atoms with E-state index in [0.717, 1.165) is 76.0 Å². The molecule has 2 fully saturated rings. The normalized spacial score (nSPS) is 23.7. The Bertz CT molecular complexity index is 669. The summed E-state index contributed by atoms with van der Waals surface area (Å²) in [4.78, 5) is 29.3. The monoisotopic (exact) mass is 360 g/mol. The Hall–Kier alpha value is -1.85. The average molecular weight is 361 g/mol. The van der Waals surface area contributed by atoms with E-state index in [1.807, 2.05) is 16.7 Å². The summed E-state index contributed by atoms with van der Waals surface area (Å²) in [6.07, 6.45) is 6.63. The van der Waals surface area contributed by atoms with Crippen LogP contribution in [0.2, 0.25) is 0 Å². The van der Waals surface area contributed by atoms with Crippen LogP contribution >= 0.6 is 0 Å². The van der Waals surface area contributed by atoms with Crippen LogP contribution in [0.1, 0.15) is 74.1 Å². The average Bonchev–Trinajstić information content (AvgIpc) is 3.02. The van der Waals surface area contributed by atoms with Gasteiger partial charge < -0.3 is 9.80 Å². The van der Waals surface area contributed by atoms with Gasteiger partial charge in [-0.1, -0.05) is 20.3 Å². The van der Waals surface area contributed by atoms with E-state index in [4.69, 9.17) is 0 Å². The van der Waals surface area contributed by atoms with Crippen LogP contribution in [0.25, 0.3) is 0 Å². The molecule has 1 atom stereocenters. The largest absolute Gasteiger partial charge is 0.342 e. The molecule has 144 valence electrons. The highest BCUT2D eigenvalue weighted by Gasteiger charge is 2.43. The minimum Gasteiger partial charge on any atom is -0.342 e. The van der Waals surface area contributed by atoms with Gasteiger partial charge in [0.05, 0.1) is 0 Å². The highest BCUT2D eigenvalue weighted by Crippen LogP contribution is 2.39. The van der Waals surface area contributed by atoms with Crippen LogP contribution in [0.3, 0.4) is 0 Å². The molecule has 2 amide bonds. The second kappa shape index (κ2) is 7.80. The van der Waals surface area contributed by atoms with Gasteiger partial charge in [-0.25, -0.2) is 0 Å². The third-order valence-electron chi connectivity index (χ3n) is 6.15. The molecule has 3 rings (SSSR count). The molecule has 2 saturated heterocycles. The number of unbranched alkanes of at least 4 members (excludes halogenated alkanes) is 1. The lowest BCUT2D eigenvalue weighted by Gasteiger charge is -2.48. The minimum absolute atomic E-state index is 0.0366. The van der Waals surface area contributed by atoms with Crippen LogP contribution in [0.5, 0.6) is 0 Å². The van der Waals surface area contributed by atoms with Crippen molar-refractivity contribution in [2.75, 3.05) is 26.2 Å². The van der Waals surface area contributed by atoms with Gasteiger partial charge in [-0.15, -0.1) is 0 Å². The number of amides is 2. The highest BCUT2D eigenvalue weighted by atomic mass is 16.2. The molecule has 1 aromatic heterocycles. The number of carbonyl (C=O) groups is 2. The zero-order valence-electron chi connectivity index (χ0n) is 16.4. The molecular formula is C20H32N4O2. The molecule has 2 aliphatic heterocycles. The fourth-order valence-corrected chi connectivity index (χ4v) is 4.51. The predicted molar refractivity (Wildman–Crippen MR) is 101 cm³/mol. The van der Waals surface area contributed by atoms with Crippen molar-refractivity contribution >= 4 is 11.8 Å². The van der Waals surface area contributed by atoms with Crippen molar-refractivity contribution in [2.45, 2.75) is 65.7 Å². The Morgan fingerprint density at radius 3 is 2.77 bits per heavy atom. The maximum absolute atomic E-state index is 13.1. The first-order valence-electron chi connectivity index (χ1n) is 10.1. The SMILES string of the molecule is CCCCN1C[C@]2(CCCN(C(=O)c3n[nH]c(CC)c3C)C2)CCC1=O. The smallest absolute Gasteiger partial charge is 0.274 e. The number of hydrogen-bond donors (Lipinski definition) is 1. The Kier molecular flexibility index (Phi) is 5.68. The number of rotatable bonds is 5. The van der Waals surface area contributed by atoms with Crippen molar-refractivity contribution in [3.63, 3.8) is 0 Å². The van der Waals surface area contributed by atoms with E-state index in [-0.39, 0.29) is 17.2 Å².